The van der Waals surface area contributed by atoms with E-state index in [1.54, 1.807) is 12.1 Å². The van der Waals surface area contributed by atoms with Crippen molar-refractivity contribution >= 4 is 17.5 Å². The van der Waals surface area contributed by atoms with Crippen molar-refractivity contribution in [1.82, 2.24) is 4.90 Å². The van der Waals surface area contributed by atoms with Gasteiger partial charge < -0.3 is 14.4 Å². The quantitative estimate of drug-likeness (QED) is 0.805. The Morgan fingerprint density at radius 1 is 1.04 bits per heavy atom. The summed E-state index contributed by atoms with van der Waals surface area (Å²) in [6.07, 6.45) is 0.808. The molecule has 5 heteroatoms. The molecule has 0 saturated carbocycles. The number of fused-ring (bicyclic) bond motifs is 2. The molecule has 1 amide bonds. The van der Waals surface area contributed by atoms with Crippen LogP contribution < -0.4 is 9.47 Å². The number of nitrogens with zero attached hydrogens (tertiary/aromatic N) is 1. The van der Waals surface area contributed by atoms with Gasteiger partial charge in [0, 0.05) is 13.1 Å². The first-order chi connectivity index (χ1) is 11.2. The molecule has 2 aromatic carbocycles. The molecule has 0 unspecified atom stereocenters. The van der Waals surface area contributed by atoms with Crippen LogP contribution in [0.15, 0.2) is 36.4 Å². The molecule has 0 aromatic heterocycles. The van der Waals surface area contributed by atoms with Gasteiger partial charge >= 0.3 is 0 Å². The molecule has 2 heterocycles. The molecule has 23 heavy (non-hydrogen) atoms. The minimum atomic E-state index is -0.0314. The van der Waals surface area contributed by atoms with Gasteiger partial charge in [-0.25, -0.2) is 0 Å². The lowest BCUT2D eigenvalue weighted by molar-refractivity contribution is 0.0734. The average molecular weight is 330 g/mol. The molecule has 4 nitrogen and oxygen atoms in total. The maximum absolute atomic E-state index is 12.7. The monoisotopic (exact) mass is 329 g/mol. The highest BCUT2D eigenvalue weighted by Crippen LogP contribution is 2.35. The first-order valence-corrected chi connectivity index (χ1v) is 8.05. The Bertz CT molecular complexity index is 775. The van der Waals surface area contributed by atoms with Crippen LogP contribution in [0, 0.1) is 0 Å². The topological polar surface area (TPSA) is 38.8 Å². The third-order valence-electron chi connectivity index (χ3n) is 4.27. The van der Waals surface area contributed by atoms with Gasteiger partial charge in [0.05, 0.1) is 10.6 Å². The van der Waals surface area contributed by atoms with Crippen LogP contribution in [0.25, 0.3) is 0 Å². The fraction of sp³-hybridized carbons (Fsp3) is 0.278. The summed E-state index contributed by atoms with van der Waals surface area (Å²) in [4.78, 5) is 14.5. The van der Waals surface area contributed by atoms with Crippen LogP contribution in [-0.4, -0.2) is 30.6 Å². The number of halogens is 1. The Kier molecular flexibility index (Phi) is 3.62. The molecule has 2 aliphatic rings. The second-order valence-corrected chi connectivity index (χ2v) is 6.13. The van der Waals surface area contributed by atoms with E-state index < -0.39 is 0 Å². The lowest BCUT2D eigenvalue weighted by Gasteiger charge is -2.30. The molecule has 0 aliphatic carbocycles. The molecule has 0 atom stereocenters. The zero-order chi connectivity index (χ0) is 15.8. The molecule has 0 N–H and O–H groups in total. The third kappa shape index (κ3) is 2.63. The van der Waals surface area contributed by atoms with Crippen molar-refractivity contribution in [3.05, 3.63) is 58.1 Å². The van der Waals surface area contributed by atoms with Gasteiger partial charge in [-0.2, -0.15) is 0 Å². The summed E-state index contributed by atoms with van der Waals surface area (Å²) in [5.74, 6) is 1.54. The van der Waals surface area contributed by atoms with Crippen molar-refractivity contribution in [2.45, 2.75) is 13.0 Å². The summed E-state index contributed by atoms with van der Waals surface area (Å²) >= 11 is 6.15. The van der Waals surface area contributed by atoms with E-state index in [0.717, 1.165) is 23.5 Å². The van der Waals surface area contributed by atoms with Crippen LogP contribution in [0.2, 0.25) is 5.02 Å². The third-order valence-corrected chi connectivity index (χ3v) is 4.60. The summed E-state index contributed by atoms with van der Waals surface area (Å²) in [5, 5.41) is 0.491. The number of carbonyl (C=O) groups is 1. The van der Waals surface area contributed by atoms with Gasteiger partial charge in [0.2, 0.25) is 0 Å². The Labute approximate surface area is 139 Å². The lowest BCUT2D eigenvalue weighted by Crippen LogP contribution is -2.36. The zero-order valence-corrected chi connectivity index (χ0v) is 13.3. The van der Waals surface area contributed by atoms with E-state index in [9.17, 15) is 4.79 Å². The molecule has 0 saturated heterocycles. The number of benzene rings is 2. The van der Waals surface area contributed by atoms with Crippen LogP contribution in [-0.2, 0) is 13.0 Å². The largest absolute Gasteiger partial charge is 0.486 e. The SMILES string of the molecule is O=C(c1ccccc1Cl)N1CCc2cc3c(cc2C1)OCCO3. The highest BCUT2D eigenvalue weighted by molar-refractivity contribution is 6.33. The number of rotatable bonds is 1. The van der Waals surface area contributed by atoms with E-state index in [2.05, 4.69) is 0 Å². The molecular formula is C18H16ClNO3. The standard InChI is InChI=1S/C18H16ClNO3/c19-15-4-2-1-3-14(15)18(21)20-6-5-12-9-16-17(10-13(12)11-20)23-8-7-22-16/h1-4,9-10H,5-8,11H2. The van der Waals surface area contributed by atoms with Gasteiger partial charge in [0.25, 0.3) is 5.91 Å². The van der Waals surface area contributed by atoms with Crippen LogP contribution in [0.4, 0.5) is 0 Å². The van der Waals surface area contributed by atoms with E-state index >= 15 is 0 Å². The second kappa shape index (κ2) is 5.78. The predicted molar refractivity (Wildman–Crippen MR) is 87.3 cm³/mol. The van der Waals surface area contributed by atoms with E-state index in [4.69, 9.17) is 21.1 Å². The predicted octanol–water partition coefficient (Wildman–Crippen LogP) is 3.31. The van der Waals surface area contributed by atoms with Gasteiger partial charge in [0.15, 0.2) is 11.5 Å². The minimum absolute atomic E-state index is 0.0314. The van der Waals surface area contributed by atoms with Crippen molar-refractivity contribution in [2.24, 2.45) is 0 Å². The number of hydrogen-bond donors (Lipinski definition) is 0. The van der Waals surface area contributed by atoms with Gasteiger partial charge in [-0.15, -0.1) is 0 Å². The maximum atomic E-state index is 12.7. The van der Waals surface area contributed by atoms with Gasteiger partial charge in [-0.3, -0.25) is 4.79 Å². The molecule has 0 radical (unpaired) electrons. The van der Waals surface area contributed by atoms with Crippen molar-refractivity contribution in [1.29, 1.82) is 0 Å². The number of amides is 1. The van der Waals surface area contributed by atoms with Crippen molar-refractivity contribution in [2.75, 3.05) is 19.8 Å². The number of ether oxygens (including phenoxy) is 2. The molecule has 0 bridgehead atoms. The Morgan fingerprint density at radius 2 is 1.74 bits per heavy atom. The maximum Gasteiger partial charge on any atom is 0.255 e. The van der Waals surface area contributed by atoms with Crippen LogP contribution in [0.3, 0.4) is 0 Å². The number of carbonyl (C=O) groups excluding carboxylic acids is 1. The van der Waals surface area contributed by atoms with E-state index in [-0.39, 0.29) is 5.91 Å². The first kappa shape index (κ1) is 14.4. The second-order valence-electron chi connectivity index (χ2n) is 5.72. The molecule has 0 spiro atoms. The summed E-state index contributed by atoms with van der Waals surface area (Å²) in [5.41, 5.74) is 2.88. The molecule has 2 aromatic rings. The Hall–Kier alpha value is -2.20. The average Bonchev–Trinajstić information content (AvgIpc) is 2.59. The summed E-state index contributed by atoms with van der Waals surface area (Å²) in [7, 11) is 0. The van der Waals surface area contributed by atoms with Crippen molar-refractivity contribution < 1.29 is 14.3 Å². The van der Waals surface area contributed by atoms with Gasteiger partial charge in [-0.05, 0) is 41.8 Å². The van der Waals surface area contributed by atoms with Crippen LogP contribution >= 0.6 is 11.6 Å². The first-order valence-electron chi connectivity index (χ1n) is 7.67. The molecular weight excluding hydrogens is 314 g/mol. The van der Waals surface area contributed by atoms with E-state index in [0.29, 0.717) is 36.9 Å². The summed E-state index contributed by atoms with van der Waals surface area (Å²) in [6, 6.07) is 11.2. The smallest absolute Gasteiger partial charge is 0.255 e. The molecule has 118 valence electrons. The lowest BCUT2D eigenvalue weighted by atomic mass is 9.98. The van der Waals surface area contributed by atoms with Crippen LogP contribution in [0.1, 0.15) is 21.5 Å². The normalized spacial score (nSPS) is 16.0. The van der Waals surface area contributed by atoms with E-state index in [1.165, 1.54) is 5.56 Å². The summed E-state index contributed by atoms with van der Waals surface area (Å²) in [6.45, 7) is 2.39. The molecule has 2 aliphatic heterocycles. The van der Waals surface area contributed by atoms with Crippen molar-refractivity contribution in [3.8, 4) is 11.5 Å². The Morgan fingerprint density at radius 3 is 2.48 bits per heavy atom. The molecule has 4 rings (SSSR count). The molecule has 0 fully saturated rings. The fourth-order valence-electron chi connectivity index (χ4n) is 3.07. The van der Waals surface area contributed by atoms with Gasteiger partial charge in [-0.1, -0.05) is 23.7 Å². The van der Waals surface area contributed by atoms with Crippen LogP contribution in [0.5, 0.6) is 11.5 Å². The summed E-state index contributed by atoms with van der Waals surface area (Å²) < 4.78 is 11.3. The highest BCUT2D eigenvalue weighted by Gasteiger charge is 2.25. The highest BCUT2D eigenvalue weighted by atomic mass is 35.5. The Balaban J connectivity index is 1.61. The van der Waals surface area contributed by atoms with Crippen molar-refractivity contribution in [3.63, 3.8) is 0 Å². The number of hydrogen-bond acceptors (Lipinski definition) is 3. The minimum Gasteiger partial charge on any atom is -0.486 e. The van der Waals surface area contributed by atoms with E-state index in [1.807, 2.05) is 29.2 Å². The fourth-order valence-corrected chi connectivity index (χ4v) is 3.29. The van der Waals surface area contributed by atoms with Gasteiger partial charge in [0.1, 0.15) is 13.2 Å². The zero-order valence-electron chi connectivity index (χ0n) is 12.5.